The monoisotopic (exact) mass is 215 g/mol. The number of fused-ring (bicyclic) bond motifs is 1. The molecule has 1 N–H and O–H groups in total. The van der Waals surface area contributed by atoms with Gasteiger partial charge in [-0.05, 0) is 26.5 Å². The van der Waals surface area contributed by atoms with Gasteiger partial charge in [0.15, 0.2) is 0 Å². The summed E-state index contributed by atoms with van der Waals surface area (Å²) in [6.07, 6.45) is 2.77. The van der Waals surface area contributed by atoms with Gasteiger partial charge < -0.3 is 9.73 Å². The lowest BCUT2D eigenvalue weighted by atomic mass is 10.00. The smallest absolute Gasteiger partial charge is 0.134 e. The topological polar surface area (TPSA) is 25.2 Å². The molecule has 0 amide bonds. The van der Waals surface area contributed by atoms with Crippen molar-refractivity contribution in [2.75, 3.05) is 7.05 Å². The molecule has 1 heterocycles. The van der Waals surface area contributed by atoms with Crippen molar-refractivity contribution in [1.82, 2.24) is 5.32 Å². The Kier molecular flexibility index (Phi) is 3.11. The van der Waals surface area contributed by atoms with Gasteiger partial charge in [0.05, 0.1) is 6.26 Å². The van der Waals surface area contributed by atoms with Crippen LogP contribution in [0.15, 0.2) is 47.1 Å². The second-order valence-corrected chi connectivity index (χ2v) is 4.19. The van der Waals surface area contributed by atoms with Crippen molar-refractivity contribution in [1.29, 1.82) is 0 Å². The van der Waals surface area contributed by atoms with Crippen LogP contribution in [0.2, 0.25) is 0 Å². The second kappa shape index (κ2) is 4.54. The molecule has 0 bridgehead atoms. The molecule has 2 aromatic rings. The lowest BCUT2D eigenvalue weighted by Crippen LogP contribution is -2.16. The predicted molar refractivity (Wildman–Crippen MR) is 67.4 cm³/mol. The van der Waals surface area contributed by atoms with Gasteiger partial charge in [0.2, 0.25) is 0 Å². The zero-order chi connectivity index (χ0) is 11.5. The fourth-order valence-corrected chi connectivity index (χ4v) is 1.98. The zero-order valence-corrected chi connectivity index (χ0v) is 9.79. The molecular weight excluding hydrogens is 198 g/mol. The van der Waals surface area contributed by atoms with Crippen LogP contribution in [0.1, 0.15) is 24.9 Å². The molecule has 16 heavy (non-hydrogen) atoms. The van der Waals surface area contributed by atoms with Crippen LogP contribution in [-0.2, 0) is 0 Å². The first-order valence-corrected chi connectivity index (χ1v) is 5.50. The fraction of sp³-hybridized carbons (Fsp3) is 0.286. The molecule has 0 radical (unpaired) electrons. The number of benzene rings is 1. The van der Waals surface area contributed by atoms with E-state index in [1.54, 1.807) is 0 Å². The van der Waals surface area contributed by atoms with E-state index < -0.39 is 0 Å². The number of nitrogens with one attached hydrogen (secondary N) is 1. The van der Waals surface area contributed by atoms with E-state index in [1.807, 2.05) is 38.4 Å². The maximum Gasteiger partial charge on any atom is 0.134 e. The third-order valence-electron chi connectivity index (χ3n) is 2.79. The van der Waals surface area contributed by atoms with Crippen molar-refractivity contribution >= 4 is 11.0 Å². The van der Waals surface area contributed by atoms with Gasteiger partial charge in [0.25, 0.3) is 0 Å². The number of para-hydroxylation sites is 1. The van der Waals surface area contributed by atoms with Crippen molar-refractivity contribution < 1.29 is 4.42 Å². The predicted octanol–water partition coefficient (Wildman–Crippen LogP) is 3.66. The molecule has 0 spiro atoms. The summed E-state index contributed by atoms with van der Waals surface area (Å²) in [4.78, 5) is 0. The van der Waals surface area contributed by atoms with E-state index in [4.69, 9.17) is 4.42 Å². The average Bonchev–Trinajstić information content (AvgIpc) is 2.69. The minimum absolute atomic E-state index is 0.279. The van der Waals surface area contributed by atoms with Gasteiger partial charge in [0.1, 0.15) is 5.58 Å². The Balaban J connectivity index is 2.41. The SMILES string of the molecule is C=C(C)CC(NC)c1coc2ccccc12. The number of rotatable bonds is 4. The first-order valence-electron chi connectivity index (χ1n) is 5.50. The summed E-state index contributed by atoms with van der Waals surface area (Å²) in [5, 5.41) is 4.49. The molecule has 0 aliphatic heterocycles. The Bertz CT molecular complexity index is 498. The normalized spacial score (nSPS) is 12.9. The van der Waals surface area contributed by atoms with Crippen molar-refractivity contribution in [2.24, 2.45) is 0 Å². The molecule has 0 fully saturated rings. The molecule has 0 saturated carbocycles. The van der Waals surface area contributed by atoms with Crippen LogP contribution in [0.25, 0.3) is 11.0 Å². The van der Waals surface area contributed by atoms with Crippen molar-refractivity contribution in [2.45, 2.75) is 19.4 Å². The molecule has 1 atom stereocenters. The first-order chi connectivity index (χ1) is 7.72. The Morgan fingerprint density at radius 1 is 1.44 bits per heavy atom. The van der Waals surface area contributed by atoms with Gasteiger partial charge in [-0.2, -0.15) is 0 Å². The molecular formula is C14H17NO. The van der Waals surface area contributed by atoms with Crippen LogP contribution in [0.4, 0.5) is 0 Å². The third-order valence-corrected chi connectivity index (χ3v) is 2.79. The highest BCUT2D eigenvalue weighted by molar-refractivity contribution is 5.81. The molecule has 0 aliphatic rings. The lowest BCUT2D eigenvalue weighted by Gasteiger charge is -2.14. The van der Waals surface area contributed by atoms with E-state index in [2.05, 4.69) is 18.0 Å². The molecule has 2 nitrogen and oxygen atoms in total. The quantitative estimate of drug-likeness (QED) is 0.787. The molecule has 1 unspecified atom stereocenters. The van der Waals surface area contributed by atoms with Gasteiger partial charge in [0, 0.05) is 17.0 Å². The molecule has 2 heteroatoms. The lowest BCUT2D eigenvalue weighted by molar-refractivity contribution is 0.562. The van der Waals surface area contributed by atoms with E-state index in [0.29, 0.717) is 0 Å². The first kappa shape index (κ1) is 11.0. The van der Waals surface area contributed by atoms with Gasteiger partial charge in [-0.1, -0.05) is 23.8 Å². The Morgan fingerprint density at radius 2 is 2.19 bits per heavy atom. The summed E-state index contributed by atoms with van der Waals surface area (Å²) in [6.45, 7) is 6.01. The Hall–Kier alpha value is -1.54. The third kappa shape index (κ3) is 2.02. The van der Waals surface area contributed by atoms with Crippen LogP contribution in [0, 0.1) is 0 Å². The summed E-state index contributed by atoms with van der Waals surface area (Å²) in [6, 6.07) is 8.39. The van der Waals surface area contributed by atoms with Crippen LogP contribution >= 0.6 is 0 Å². The van der Waals surface area contributed by atoms with Crippen LogP contribution < -0.4 is 5.32 Å². The summed E-state index contributed by atoms with van der Waals surface area (Å²) < 4.78 is 5.54. The van der Waals surface area contributed by atoms with Gasteiger partial charge in [-0.15, -0.1) is 6.58 Å². The summed E-state index contributed by atoms with van der Waals surface area (Å²) in [7, 11) is 1.97. The highest BCUT2D eigenvalue weighted by atomic mass is 16.3. The summed E-state index contributed by atoms with van der Waals surface area (Å²) in [5.41, 5.74) is 3.32. The van der Waals surface area contributed by atoms with Crippen LogP contribution in [0.5, 0.6) is 0 Å². The molecule has 1 aromatic carbocycles. The van der Waals surface area contributed by atoms with Crippen molar-refractivity contribution in [3.63, 3.8) is 0 Å². The van der Waals surface area contributed by atoms with Gasteiger partial charge in [-0.25, -0.2) is 0 Å². The van der Waals surface area contributed by atoms with E-state index in [0.717, 1.165) is 12.0 Å². The average molecular weight is 215 g/mol. The molecule has 0 aliphatic carbocycles. The number of hydrogen-bond donors (Lipinski definition) is 1. The minimum atomic E-state index is 0.279. The molecule has 1 aromatic heterocycles. The van der Waals surface area contributed by atoms with Crippen molar-refractivity contribution in [3.8, 4) is 0 Å². The van der Waals surface area contributed by atoms with E-state index in [1.165, 1.54) is 16.5 Å². The molecule has 84 valence electrons. The summed E-state index contributed by atoms with van der Waals surface area (Å²) in [5.74, 6) is 0. The van der Waals surface area contributed by atoms with E-state index in [9.17, 15) is 0 Å². The highest BCUT2D eigenvalue weighted by Gasteiger charge is 2.14. The van der Waals surface area contributed by atoms with Gasteiger partial charge in [-0.3, -0.25) is 0 Å². The van der Waals surface area contributed by atoms with Crippen molar-refractivity contribution in [3.05, 3.63) is 48.2 Å². The molecule has 2 rings (SSSR count). The zero-order valence-electron chi connectivity index (χ0n) is 9.79. The maximum absolute atomic E-state index is 5.54. The second-order valence-electron chi connectivity index (χ2n) is 4.19. The maximum atomic E-state index is 5.54. The van der Waals surface area contributed by atoms with E-state index in [-0.39, 0.29) is 6.04 Å². The Labute approximate surface area is 96.0 Å². The highest BCUT2D eigenvalue weighted by Crippen LogP contribution is 2.29. The molecule has 0 saturated heterocycles. The van der Waals surface area contributed by atoms with Crippen LogP contribution in [-0.4, -0.2) is 7.05 Å². The van der Waals surface area contributed by atoms with Gasteiger partial charge >= 0.3 is 0 Å². The van der Waals surface area contributed by atoms with Crippen LogP contribution in [0.3, 0.4) is 0 Å². The number of furan rings is 1. The number of hydrogen-bond acceptors (Lipinski definition) is 2. The Morgan fingerprint density at radius 3 is 2.88 bits per heavy atom. The minimum Gasteiger partial charge on any atom is -0.464 e. The van der Waals surface area contributed by atoms with E-state index >= 15 is 0 Å². The standard InChI is InChI=1S/C14H17NO/c1-10(2)8-13(15-3)12-9-16-14-7-5-4-6-11(12)14/h4-7,9,13,15H,1,8H2,2-3H3. The fourth-order valence-electron chi connectivity index (χ4n) is 1.98. The summed E-state index contributed by atoms with van der Waals surface area (Å²) >= 11 is 0. The largest absolute Gasteiger partial charge is 0.464 e.